The van der Waals surface area contributed by atoms with E-state index in [2.05, 4.69) is 51.5 Å². The monoisotopic (exact) mass is 530 g/mol. The smallest absolute Gasteiger partial charge is 0.272 e. The van der Waals surface area contributed by atoms with E-state index in [0.717, 1.165) is 35.8 Å². The Labute approximate surface area is 225 Å². The van der Waals surface area contributed by atoms with Gasteiger partial charge in [0.2, 0.25) is 11.8 Å². The third kappa shape index (κ3) is 4.53. The molecule has 2 fully saturated rings. The van der Waals surface area contributed by atoms with E-state index in [-0.39, 0.29) is 41.3 Å². The van der Waals surface area contributed by atoms with E-state index >= 15 is 0 Å². The summed E-state index contributed by atoms with van der Waals surface area (Å²) in [7, 11) is 1.45. The van der Waals surface area contributed by atoms with Gasteiger partial charge < -0.3 is 19.9 Å². The Morgan fingerprint density at radius 1 is 1.15 bits per heavy atom. The fourth-order valence-electron chi connectivity index (χ4n) is 6.11. The number of rotatable bonds is 6. The number of aromatic nitrogens is 4. The van der Waals surface area contributed by atoms with Crippen LogP contribution in [0.4, 0.5) is 4.39 Å². The fourth-order valence-corrected chi connectivity index (χ4v) is 6.11. The van der Waals surface area contributed by atoms with Crippen LogP contribution in [0.5, 0.6) is 5.88 Å². The van der Waals surface area contributed by atoms with Crippen LogP contribution in [0.15, 0.2) is 36.5 Å². The Kier molecular flexibility index (Phi) is 6.32. The maximum atomic E-state index is 14.4. The summed E-state index contributed by atoms with van der Waals surface area (Å²) in [6, 6.07) is 9.20. The Hall–Kier alpha value is -4.21. The fraction of sp³-hybridized carbons (Fsp3) is 0.379. The van der Waals surface area contributed by atoms with E-state index in [1.165, 1.54) is 24.1 Å². The number of fused-ring (bicyclic) bond motifs is 3. The topological polar surface area (TPSA) is 116 Å². The summed E-state index contributed by atoms with van der Waals surface area (Å²) in [5.74, 6) is -0.566. The second-order valence-corrected chi connectivity index (χ2v) is 10.6. The molecule has 202 valence electrons. The predicted octanol–water partition coefficient (Wildman–Crippen LogP) is 4.42. The molecule has 10 heteroatoms. The Bertz CT molecular complexity index is 1560. The molecule has 2 unspecified atom stereocenters. The third-order valence-electron chi connectivity index (χ3n) is 8.30. The number of nitrogens with one attached hydrogen (secondary N) is 3. The summed E-state index contributed by atoms with van der Waals surface area (Å²) in [5.41, 5.74) is 5.35. The van der Waals surface area contributed by atoms with Crippen LogP contribution in [0.2, 0.25) is 0 Å². The van der Waals surface area contributed by atoms with Crippen molar-refractivity contribution in [1.82, 2.24) is 30.4 Å². The summed E-state index contributed by atoms with van der Waals surface area (Å²) in [6.07, 6.45) is 4.04. The molecule has 0 spiro atoms. The van der Waals surface area contributed by atoms with E-state index in [9.17, 15) is 14.0 Å². The molecule has 39 heavy (non-hydrogen) atoms. The van der Waals surface area contributed by atoms with Crippen LogP contribution in [-0.2, 0) is 11.3 Å². The molecule has 0 aliphatic carbocycles. The van der Waals surface area contributed by atoms with Gasteiger partial charge in [0, 0.05) is 52.8 Å². The standard InChI is InChI=1S/C29H31FN6O3/c1-15-16(2)33-24-7-4-17(8-21(15)24)13-32-28(37)18-9-19-5-6-20(10-18)36(19)29(38)26-12-25(34-35-26)22-11-27(39-3)31-14-23(22)30/h4,7-8,11-12,14,18-20,33H,5-6,9-10,13H2,1-3H3,(H,32,37)(H,34,35). The van der Waals surface area contributed by atoms with Crippen LogP contribution in [0.3, 0.4) is 0 Å². The molecule has 9 nitrogen and oxygen atoms in total. The molecule has 2 bridgehead atoms. The number of carbonyl (C=O) groups is 2. The first kappa shape index (κ1) is 25.1. The SMILES string of the molecule is COc1cc(-c2cc(C(=O)N3C4CCC3CC(C(=O)NCc3ccc5[nH]c(C)c(C)c5c3)C4)[nH]n2)c(F)cn1. The number of aryl methyl sites for hydroxylation is 2. The van der Waals surface area contributed by atoms with Crippen molar-refractivity contribution in [1.29, 1.82) is 0 Å². The summed E-state index contributed by atoms with van der Waals surface area (Å²) >= 11 is 0. The van der Waals surface area contributed by atoms with Gasteiger partial charge in [-0.2, -0.15) is 5.10 Å². The predicted molar refractivity (Wildman–Crippen MR) is 144 cm³/mol. The first-order valence-corrected chi connectivity index (χ1v) is 13.3. The number of methoxy groups -OCH3 is 1. The Balaban J connectivity index is 1.11. The van der Waals surface area contributed by atoms with Crippen molar-refractivity contribution in [2.75, 3.05) is 7.11 Å². The summed E-state index contributed by atoms with van der Waals surface area (Å²) < 4.78 is 19.4. The highest BCUT2D eigenvalue weighted by molar-refractivity contribution is 5.94. The minimum Gasteiger partial charge on any atom is -0.481 e. The van der Waals surface area contributed by atoms with Gasteiger partial charge in [0.25, 0.3) is 5.91 Å². The maximum Gasteiger partial charge on any atom is 0.272 e. The molecule has 2 aliphatic rings. The number of aromatic amines is 2. The van der Waals surface area contributed by atoms with Crippen LogP contribution in [0.25, 0.3) is 22.2 Å². The molecule has 2 atom stereocenters. The number of hydrogen-bond acceptors (Lipinski definition) is 5. The zero-order chi connectivity index (χ0) is 27.3. The zero-order valence-electron chi connectivity index (χ0n) is 22.2. The first-order valence-electron chi connectivity index (χ1n) is 13.3. The lowest BCUT2D eigenvalue weighted by Gasteiger charge is -2.38. The minimum atomic E-state index is -0.550. The van der Waals surface area contributed by atoms with E-state index in [4.69, 9.17) is 4.74 Å². The van der Waals surface area contributed by atoms with Crippen LogP contribution in [0.1, 0.15) is 53.0 Å². The molecular weight excluding hydrogens is 499 g/mol. The van der Waals surface area contributed by atoms with Gasteiger partial charge in [-0.05, 0) is 68.9 Å². The van der Waals surface area contributed by atoms with Gasteiger partial charge in [-0.25, -0.2) is 9.37 Å². The van der Waals surface area contributed by atoms with Crippen LogP contribution < -0.4 is 10.1 Å². The number of carbonyl (C=O) groups excluding carboxylic acids is 2. The third-order valence-corrected chi connectivity index (χ3v) is 8.30. The van der Waals surface area contributed by atoms with E-state index < -0.39 is 5.82 Å². The second kappa shape index (κ2) is 9.83. The summed E-state index contributed by atoms with van der Waals surface area (Å²) in [6.45, 7) is 4.63. The van der Waals surface area contributed by atoms with E-state index in [1.807, 2.05) is 11.0 Å². The number of halogens is 1. The molecule has 3 N–H and O–H groups in total. The first-order chi connectivity index (χ1) is 18.8. The normalized spacial score (nSPS) is 20.4. The van der Waals surface area contributed by atoms with Crippen molar-refractivity contribution in [3.8, 4) is 17.1 Å². The number of piperidine rings is 1. The lowest BCUT2D eigenvalue weighted by atomic mass is 9.89. The lowest BCUT2D eigenvalue weighted by Crippen LogP contribution is -2.49. The molecule has 5 heterocycles. The summed E-state index contributed by atoms with van der Waals surface area (Å²) in [5, 5.41) is 11.2. The highest BCUT2D eigenvalue weighted by Crippen LogP contribution is 2.40. The van der Waals surface area contributed by atoms with Crippen molar-refractivity contribution >= 4 is 22.7 Å². The lowest BCUT2D eigenvalue weighted by molar-refractivity contribution is -0.127. The highest BCUT2D eigenvalue weighted by Gasteiger charge is 2.45. The van der Waals surface area contributed by atoms with Crippen molar-refractivity contribution in [3.63, 3.8) is 0 Å². The van der Waals surface area contributed by atoms with Gasteiger partial charge in [0.05, 0.1) is 19.0 Å². The van der Waals surface area contributed by atoms with Gasteiger partial charge >= 0.3 is 0 Å². The number of nitrogens with zero attached hydrogens (tertiary/aromatic N) is 3. The Morgan fingerprint density at radius 3 is 2.67 bits per heavy atom. The maximum absolute atomic E-state index is 14.4. The van der Waals surface area contributed by atoms with E-state index in [1.54, 1.807) is 6.07 Å². The quantitative estimate of drug-likeness (QED) is 0.341. The van der Waals surface area contributed by atoms with Gasteiger partial charge in [-0.1, -0.05) is 6.07 Å². The average Bonchev–Trinajstić information content (AvgIpc) is 3.61. The molecule has 2 saturated heterocycles. The van der Waals surface area contributed by atoms with Gasteiger partial charge in [-0.3, -0.25) is 14.7 Å². The zero-order valence-corrected chi connectivity index (χ0v) is 22.2. The van der Waals surface area contributed by atoms with Crippen molar-refractivity contribution < 1.29 is 18.7 Å². The molecule has 1 aromatic carbocycles. The van der Waals surface area contributed by atoms with Gasteiger partial charge in [-0.15, -0.1) is 0 Å². The number of benzene rings is 1. The molecule has 2 amide bonds. The largest absolute Gasteiger partial charge is 0.481 e. The van der Waals surface area contributed by atoms with Crippen LogP contribution in [-0.4, -0.2) is 56.1 Å². The van der Waals surface area contributed by atoms with Gasteiger partial charge in [0.15, 0.2) is 5.82 Å². The Morgan fingerprint density at radius 2 is 1.92 bits per heavy atom. The van der Waals surface area contributed by atoms with Crippen molar-refractivity contribution in [2.24, 2.45) is 5.92 Å². The molecule has 3 aromatic heterocycles. The van der Waals surface area contributed by atoms with Gasteiger partial charge in [0.1, 0.15) is 5.69 Å². The average molecular weight is 531 g/mol. The van der Waals surface area contributed by atoms with Crippen LogP contribution >= 0.6 is 0 Å². The molecule has 2 aliphatic heterocycles. The van der Waals surface area contributed by atoms with E-state index in [0.29, 0.717) is 30.8 Å². The number of hydrogen-bond donors (Lipinski definition) is 3. The molecular formula is C29H31FN6O3. The number of H-pyrrole nitrogens is 2. The van der Waals surface area contributed by atoms with Crippen molar-refractivity contribution in [3.05, 3.63) is 64.9 Å². The second-order valence-electron chi connectivity index (χ2n) is 10.6. The number of ether oxygens (including phenoxy) is 1. The molecule has 6 rings (SSSR count). The summed E-state index contributed by atoms with van der Waals surface area (Å²) in [4.78, 5) is 35.7. The van der Waals surface area contributed by atoms with Crippen LogP contribution in [0, 0.1) is 25.6 Å². The molecule has 4 aromatic rings. The number of pyridine rings is 1. The number of amides is 2. The van der Waals surface area contributed by atoms with Crippen molar-refractivity contribution in [2.45, 2.75) is 58.2 Å². The molecule has 0 saturated carbocycles. The highest BCUT2D eigenvalue weighted by atomic mass is 19.1. The minimum absolute atomic E-state index is 0.0154. The molecule has 0 radical (unpaired) electrons.